The molecule has 0 unspecified atom stereocenters. The van der Waals surface area contributed by atoms with E-state index in [0.29, 0.717) is 14.8 Å². The van der Waals surface area contributed by atoms with Crippen LogP contribution in [0.5, 0.6) is 0 Å². The highest BCUT2D eigenvalue weighted by atomic mass is 32.2. The monoisotopic (exact) mass is 356 g/mol. The van der Waals surface area contributed by atoms with Crippen LogP contribution >= 0.6 is 24.0 Å². The lowest BCUT2D eigenvalue weighted by molar-refractivity contribution is -0.384. The zero-order chi connectivity index (χ0) is 17.3. The lowest BCUT2D eigenvalue weighted by Gasteiger charge is -2.16. The Bertz CT molecular complexity index is 893. The Morgan fingerprint density at radius 1 is 1.21 bits per heavy atom. The van der Waals surface area contributed by atoms with Crippen molar-refractivity contribution in [2.24, 2.45) is 0 Å². The third kappa shape index (κ3) is 3.08. The second-order valence-corrected chi connectivity index (χ2v) is 6.83. The Hall–Kier alpha value is -2.51. The zero-order valence-electron chi connectivity index (χ0n) is 12.6. The summed E-state index contributed by atoms with van der Waals surface area (Å²) in [5.74, 6) is -0.217. The second-order valence-electron chi connectivity index (χ2n) is 5.16. The first-order chi connectivity index (χ1) is 11.5. The highest BCUT2D eigenvalue weighted by molar-refractivity contribution is 8.27. The Morgan fingerprint density at radius 3 is 2.67 bits per heavy atom. The maximum absolute atomic E-state index is 12.7. The summed E-state index contributed by atoms with van der Waals surface area (Å²) in [5, 5.41) is 10.9. The van der Waals surface area contributed by atoms with E-state index in [-0.39, 0.29) is 11.6 Å². The first-order valence-electron chi connectivity index (χ1n) is 7.05. The number of hydrogen-bond donors (Lipinski definition) is 0. The maximum atomic E-state index is 12.7. The molecule has 0 saturated carbocycles. The molecule has 120 valence electrons. The van der Waals surface area contributed by atoms with Crippen LogP contribution in [0.25, 0.3) is 6.08 Å². The van der Waals surface area contributed by atoms with Crippen LogP contribution in [0.2, 0.25) is 0 Å². The Balaban J connectivity index is 1.96. The van der Waals surface area contributed by atoms with Crippen molar-refractivity contribution in [3.8, 4) is 0 Å². The fourth-order valence-corrected chi connectivity index (χ4v) is 3.65. The molecular formula is C17H12N2O3S2. The Kier molecular flexibility index (Phi) is 4.46. The van der Waals surface area contributed by atoms with E-state index in [1.165, 1.54) is 28.8 Å². The number of carbonyl (C=O) groups is 1. The predicted octanol–water partition coefficient (Wildman–Crippen LogP) is 4.31. The van der Waals surface area contributed by atoms with E-state index < -0.39 is 4.92 Å². The number of para-hydroxylation sites is 1. The van der Waals surface area contributed by atoms with Crippen LogP contribution < -0.4 is 4.90 Å². The molecule has 1 amide bonds. The minimum absolute atomic E-state index is 0.0156. The van der Waals surface area contributed by atoms with Crippen molar-refractivity contribution < 1.29 is 9.72 Å². The van der Waals surface area contributed by atoms with Gasteiger partial charge in [0.2, 0.25) is 0 Å². The molecule has 0 N–H and O–H groups in total. The van der Waals surface area contributed by atoms with Gasteiger partial charge in [-0.25, -0.2) is 0 Å². The van der Waals surface area contributed by atoms with Crippen LogP contribution in [0, 0.1) is 17.0 Å². The molecule has 0 radical (unpaired) electrons. The lowest BCUT2D eigenvalue weighted by atomic mass is 10.1. The van der Waals surface area contributed by atoms with Crippen LogP contribution in [-0.4, -0.2) is 15.2 Å². The van der Waals surface area contributed by atoms with Crippen molar-refractivity contribution in [2.45, 2.75) is 6.92 Å². The number of nitrogens with zero attached hydrogens (tertiary/aromatic N) is 2. The van der Waals surface area contributed by atoms with Crippen LogP contribution in [-0.2, 0) is 4.79 Å². The van der Waals surface area contributed by atoms with Gasteiger partial charge in [-0.15, -0.1) is 0 Å². The maximum Gasteiger partial charge on any atom is 0.270 e. The molecule has 24 heavy (non-hydrogen) atoms. The molecule has 1 aliphatic rings. The van der Waals surface area contributed by atoms with Crippen molar-refractivity contribution in [1.82, 2.24) is 0 Å². The topological polar surface area (TPSA) is 63.5 Å². The zero-order valence-corrected chi connectivity index (χ0v) is 14.3. The number of hydrogen-bond acceptors (Lipinski definition) is 5. The van der Waals surface area contributed by atoms with E-state index in [0.717, 1.165) is 11.3 Å². The van der Waals surface area contributed by atoms with Crippen molar-refractivity contribution in [3.05, 3.63) is 74.7 Å². The van der Waals surface area contributed by atoms with E-state index in [2.05, 4.69) is 0 Å². The van der Waals surface area contributed by atoms with Crippen molar-refractivity contribution >= 4 is 51.7 Å². The van der Waals surface area contributed by atoms with Crippen LogP contribution in [0.1, 0.15) is 11.1 Å². The average molecular weight is 356 g/mol. The highest BCUT2D eigenvalue weighted by Crippen LogP contribution is 2.37. The molecule has 1 heterocycles. The number of amides is 1. The number of aryl methyl sites for hydroxylation is 1. The third-order valence-corrected chi connectivity index (χ3v) is 4.83. The molecule has 0 aliphatic carbocycles. The second kappa shape index (κ2) is 6.54. The van der Waals surface area contributed by atoms with Gasteiger partial charge in [-0.05, 0) is 30.2 Å². The lowest BCUT2D eigenvalue weighted by Crippen LogP contribution is -2.28. The van der Waals surface area contributed by atoms with Crippen molar-refractivity contribution in [1.29, 1.82) is 0 Å². The number of thiocarbonyl (C=S) groups is 1. The molecule has 1 saturated heterocycles. The Morgan fingerprint density at radius 2 is 1.96 bits per heavy atom. The first kappa shape index (κ1) is 16.4. The number of benzene rings is 2. The number of non-ortho nitro benzene ring substituents is 1. The van der Waals surface area contributed by atoms with Crippen LogP contribution in [0.3, 0.4) is 0 Å². The predicted molar refractivity (Wildman–Crippen MR) is 99.9 cm³/mol. The first-order valence-corrected chi connectivity index (χ1v) is 8.28. The molecule has 1 fully saturated rings. The highest BCUT2D eigenvalue weighted by Gasteiger charge is 2.33. The number of anilines is 1. The van der Waals surface area contributed by atoms with Gasteiger partial charge in [0.1, 0.15) is 0 Å². The number of rotatable bonds is 3. The summed E-state index contributed by atoms with van der Waals surface area (Å²) in [6.45, 7) is 1.91. The van der Waals surface area contributed by atoms with Gasteiger partial charge in [-0.3, -0.25) is 19.8 Å². The van der Waals surface area contributed by atoms with E-state index in [9.17, 15) is 14.9 Å². The van der Waals surface area contributed by atoms with Crippen molar-refractivity contribution in [2.75, 3.05) is 4.90 Å². The SMILES string of the molecule is Cc1ccccc1N1C(=O)/C(=C/c2cccc([N+](=O)[O-])c2)SC1=S. The Labute approximate surface area is 148 Å². The van der Waals surface area contributed by atoms with Crippen LogP contribution in [0.15, 0.2) is 53.4 Å². The fourth-order valence-electron chi connectivity index (χ4n) is 2.37. The van der Waals surface area contributed by atoms with Gasteiger partial charge in [0, 0.05) is 12.1 Å². The number of thioether (sulfide) groups is 1. The molecule has 5 nitrogen and oxygen atoms in total. The number of carbonyl (C=O) groups excluding carboxylic acids is 1. The summed E-state index contributed by atoms with van der Waals surface area (Å²) >= 11 is 6.53. The minimum Gasteiger partial charge on any atom is -0.268 e. The molecule has 0 aromatic heterocycles. The average Bonchev–Trinajstić information content (AvgIpc) is 2.82. The molecule has 3 rings (SSSR count). The third-order valence-electron chi connectivity index (χ3n) is 3.53. The minimum atomic E-state index is -0.462. The molecule has 0 spiro atoms. The van der Waals surface area contributed by atoms with Gasteiger partial charge in [0.05, 0.1) is 15.5 Å². The molecule has 0 bridgehead atoms. The van der Waals surface area contributed by atoms with Crippen LogP contribution in [0.4, 0.5) is 11.4 Å². The van der Waals surface area contributed by atoms with Gasteiger partial charge >= 0.3 is 0 Å². The molecule has 2 aromatic rings. The van der Waals surface area contributed by atoms with E-state index in [1.54, 1.807) is 18.2 Å². The number of nitro benzene ring substituents is 1. The van der Waals surface area contributed by atoms with Gasteiger partial charge in [0.25, 0.3) is 11.6 Å². The normalized spacial score (nSPS) is 16.0. The molecule has 7 heteroatoms. The quantitative estimate of drug-likeness (QED) is 0.355. The summed E-state index contributed by atoms with van der Waals surface area (Å²) in [5.41, 5.74) is 2.28. The van der Waals surface area contributed by atoms with E-state index in [4.69, 9.17) is 12.2 Å². The standard InChI is InChI=1S/C17H12N2O3S2/c1-11-5-2-3-8-14(11)18-16(20)15(24-17(18)23)10-12-6-4-7-13(9-12)19(21)22/h2-10H,1H3/b15-10-. The molecule has 0 atom stereocenters. The molecule has 2 aromatic carbocycles. The summed E-state index contributed by atoms with van der Waals surface area (Å²) in [7, 11) is 0. The van der Waals surface area contributed by atoms with E-state index >= 15 is 0 Å². The summed E-state index contributed by atoms with van der Waals surface area (Å²) < 4.78 is 0.450. The smallest absolute Gasteiger partial charge is 0.268 e. The molecule has 1 aliphatic heterocycles. The van der Waals surface area contributed by atoms with Crippen molar-refractivity contribution in [3.63, 3.8) is 0 Å². The van der Waals surface area contributed by atoms with E-state index in [1.807, 2.05) is 31.2 Å². The molecular weight excluding hydrogens is 344 g/mol. The fraction of sp³-hybridized carbons (Fsp3) is 0.0588. The number of nitro groups is 1. The summed E-state index contributed by atoms with van der Waals surface area (Å²) in [4.78, 5) is 25.1. The van der Waals surface area contributed by atoms with Gasteiger partial charge in [-0.1, -0.05) is 54.3 Å². The largest absolute Gasteiger partial charge is 0.270 e. The van der Waals surface area contributed by atoms with Gasteiger partial charge < -0.3 is 0 Å². The van der Waals surface area contributed by atoms with Gasteiger partial charge in [-0.2, -0.15) is 0 Å². The summed E-state index contributed by atoms with van der Waals surface area (Å²) in [6.07, 6.45) is 1.63. The van der Waals surface area contributed by atoms with Gasteiger partial charge in [0.15, 0.2) is 4.32 Å². The summed E-state index contributed by atoms with van der Waals surface area (Å²) in [6, 6.07) is 13.7.